The average Bonchev–Trinajstić information content (AvgIpc) is 3.34. The molecule has 0 spiro atoms. The average molecular weight is 446 g/mol. The highest BCUT2D eigenvalue weighted by Gasteiger charge is 2.33. The van der Waals surface area contributed by atoms with E-state index in [1.54, 1.807) is 12.4 Å². The predicted molar refractivity (Wildman–Crippen MR) is 129 cm³/mol. The van der Waals surface area contributed by atoms with Gasteiger partial charge in [-0.2, -0.15) is 0 Å². The Balaban J connectivity index is 1.54. The number of hydrogen-bond donors (Lipinski definition) is 0. The Kier molecular flexibility index (Phi) is 7.17. The van der Waals surface area contributed by atoms with Crippen LogP contribution in [0.1, 0.15) is 43.5 Å². The van der Waals surface area contributed by atoms with E-state index in [2.05, 4.69) is 9.97 Å². The summed E-state index contributed by atoms with van der Waals surface area (Å²) >= 11 is 0. The Hall–Kier alpha value is -3.48. The van der Waals surface area contributed by atoms with Crippen molar-refractivity contribution in [2.24, 2.45) is 0 Å². The molecule has 4 rings (SSSR count). The number of hydrogen-bond acceptors (Lipinski definition) is 6. The lowest BCUT2D eigenvalue weighted by Gasteiger charge is -2.27. The third-order valence-corrected chi connectivity index (χ3v) is 5.95. The molecule has 1 atom stereocenters. The second-order valence-corrected chi connectivity index (χ2v) is 8.42. The first-order valence-corrected chi connectivity index (χ1v) is 11.5. The number of likely N-dealkylation sites (tertiary alicyclic amines) is 1. The van der Waals surface area contributed by atoms with Crippen molar-refractivity contribution < 1.29 is 9.53 Å². The van der Waals surface area contributed by atoms with E-state index in [1.165, 1.54) is 0 Å². The van der Waals surface area contributed by atoms with E-state index in [4.69, 9.17) is 9.72 Å². The Labute approximate surface area is 195 Å². The zero-order chi connectivity index (χ0) is 23.2. The monoisotopic (exact) mass is 445 g/mol. The van der Waals surface area contributed by atoms with Gasteiger partial charge in [0.25, 0.3) is 0 Å². The first-order chi connectivity index (χ1) is 16.1. The van der Waals surface area contributed by atoms with Crippen LogP contribution in [-0.2, 0) is 11.2 Å². The summed E-state index contributed by atoms with van der Waals surface area (Å²) in [6, 6.07) is 11.9. The molecule has 3 heterocycles. The SMILES string of the molecule is CCOc1ccc(CCC(=O)N2CCC[C@H]2c2nc(N(C)C)ncc2-c2ccncc2)cc1. The van der Waals surface area contributed by atoms with Crippen molar-refractivity contribution in [3.63, 3.8) is 0 Å². The number of nitrogens with zero attached hydrogens (tertiary/aromatic N) is 5. The standard InChI is InChI=1S/C26H31N5O2/c1-4-33-21-10-7-19(8-11-21)9-12-24(32)31-17-5-6-23(31)25-22(20-13-15-27-16-14-20)18-28-26(29-25)30(2)3/h7-8,10-11,13-16,18,23H,4-6,9,12,17H2,1-3H3/t23-/m0/s1. The molecule has 1 fully saturated rings. The van der Waals surface area contributed by atoms with Crippen LogP contribution in [0.2, 0.25) is 0 Å². The summed E-state index contributed by atoms with van der Waals surface area (Å²) in [5, 5.41) is 0. The summed E-state index contributed by atoms with van der Waals surface area (Å²) in [4.78, 5) is 30.7. The van der Waals surface area contributed by atoms with Crippen LogP contribution in [0.4, 0.5) is 5.95 Å². The van der Waals surface area contributed by atoms with Crippen LogP contribution in [-0.4, -0.2) is 53.0 Å². The van der Waals surface area contributed by atoms with Crippen molar-refractivity contribution in [3.05, 3.63) is 66.2 Å². The number of benzene rings is 1. The van der Waals surface area contributed by atoms with Gasteiger partial charge in [0.1, 0.15) is 5.75 Å². The van der Waals surface area contributed by atoms with Crippen LogP contribution < -0.4 is 9.64 Å². The third kappa shape index (κ3) is 5.30. The Morgan fingerprint density at radius 2 is 1.91 bits per heavy atom. The Bertz CT molecular complexity index is 1070. The summed E-state index contributed by atoms with van der Waals surface area (Å²) in [5.41, 5.74) is 4.02. The number of amides is 1. The van der Waals surface area contributed by atoms with Gasteiger partial charge >= 0.3 is 0 Å². The van der Waals surface area contributed by atoms with Gasteiger partial charge in [0.2, 0.25) is 11.9 Å². The van der Waals surface area contributed by atoms with E-state index >= 15 is 0 Å². The quantitative estimate of drug-likeness (QED) is 0.515. The van der Waals surface area contributed by atoms with Gasteiger partial charge in [-0.3, -0.25) is 9.78 Å². The molecule has 0 bridgehead atoms. The van der Waals surface area contributed by atoms with Crippen molar-refractivity contribution in [1.29, 1.82) is 0 Å². The second-order valence-electron chi connectivity index (χ2n) is 8.42. The fourth-order valence-corrected chi connectivity index (χ4v) is 4.27. The molecule has 0 aliphatic carbocycles. The number of anilines is 1. The first-order valence-electron chi connectivity index (χ1n) is 11.5. The molecule has 3 aromatic rings. The van der Waals surface area contributed by atoms with Gasteiger partial charge in [0.05, 0.1) is 18.3 Å². The molecular weight excluding hydrogens is 414 g/mol. The van der Waals surface area contributed by atoms with Gasteiger partial charge in [0, 0.05) is 51.2 Å². The molecule has 7 heteroatoms. The van der Waals surface area contributed by atoms with Crippen LogP contribution in [0.15, 0.2) is 55.0 Å². The lowest BCUT2D eigenvalue weighted by atomic mass is 10.0. The molecule has 7 nitrogen and oxygen atoms in total. The lowest BCUT2D eigenvalue weighted by molar-refractivity contribution is -0.132. The minimum Gasteiger partial charge on any atom is -0.494 e. The van der Waals surface area contributed by atoms with Crippen LogP contribution in [0, 0.1) is 0 Å². The number of pyridine rings is 1. The topological polar surface area (TPSA) is 71.5 Å². The highest BCUT2D eigenvalue weighted by atomic mass is 16.5. The van der Waals surface area contributed by atoms with Crippen LogP contribution >= 0.6 is 0 Å². The molecule has 0 N–H and O–H groups in total. The largest absolute Gasteiger partial charge is 0.494 e. The Morgan fingerprint density at radius 1 is 1.15 bits per heavy atom. The van der Waals surface area contributed by atoms with Gasteiger partial charge in [-0.15, -0.1) is 0 Å². The molecule has 1 aliphatic rings. The number of aromatic nitrogens is 3. The van der Waals surface area contributed by atoms with E-state index < -0.39 is 0 Å². The molecule has 1 saturated heterocycles. The number of aryl methyl sites for hydroxylation is 1. The normalized spacial score (nSPS) is 15.5. The second kappa shape index (κ2) is 10.4. The van der Waals surface area contributed by atoms with Crippen molar-refractivity contribution in [3.8, 4) is 16.9 Å². The van der Waals surface area contributed by atoms with Gasteiger partial charge in [0.15, 0.2) is 0 Å². The van der Waals surface area contributed by atoms with E-state index in [-0.39, 0.29) is 11.9 Å². The molecular formula is C26H31N5O2. The summed E-state index contributed by atoms with van der Waals surface area (Å²) < 4.78 is 5.51. The zero-order valence-electron chi connectivity index (χ0n) is 19.6. The minimum atomic E-state index is -0.0531. The molecule has 1 aromatic carbocycles. The van der Waals surface area contributed by atoms with Gasteiger partial charge in [-0.1, -0.05) is 12.1 Å². The van der Waals surface area contributed by atoms with E-state index in [1.807, 2.05) is 73.4 Å². The smallest absolute Gasteiger partial charge is 0.225 e. The van der Waals surface area contributed by atoms with Crippen molar-refractivity contribution >= 4 is 11.9 Å². The maximum atomic E-state index is 13.3. The summed E-state index contributed by atoms with van der Waals surface area (Å²) in [6.45, 7) is 3.37. The highest BCUT2D eigenvalue weighted by Crippen LogP contribution is 2.37. The fourth-order valence-electron chi connectivity index (χ4n) is 4.27. The van der Waals surface area contributed by atoms with Crippen LogP contribution in [0.25, 0.3) is 11.1 Å². The summed E-state index contributed by atoms with van der Waals surface area (Å²) in [5.74, 6) is 1.67. The van der Waals surface area contributed by atoms with Gasteiger partial charge in [-0.05, 0) is 61.6 Å². The van der Waals surface area contributed by atoms with Gasteiger partial charge in [-0.25, -0.2) is 9.97 Å². The highest BCUT2D eigenvalue weighted by molar-refractivity contribution is 5.78. The maximum absolute atomic E-state index is 13.3. The molecule has 172 valence electrons. The number of carbonyl (C=O) groups is 1. The van der Waals surface area contributed by atoms with Crippen molar-refractivity contribution in [1.82, 2.24) is 19.9 Å². The molecule has 1 aliphatic heterocycles. The predicted octanol–water partition coefficient (Wildman–Crippen LogP) is 4.30. The molecule has 33 heavy (non-hydrogen) atoms. The lowest BCUT2D eigenvalue weighted by Crippen LogP contribution is -2.31. The van der Waals surface area contributed by atoms with E-state index in [9.17, 15) is 4.79 Å². The third-order valence-electron chi connectivity index (χ3n) is 5.95. The number of ether oxygens (including phenoxy) is 1. The molecule has 0 unspecified atom stereocenters. The van der Waals surface area contributed by atoms with E-state index in [0.29, 0.717) is 25.4 Å². The molecule has 1 amide bonds. The summed E-state index contributed by atoms with van der Waals surface area (Å²) in [6.07, 6.45) is 8.46. The van der Waals surface area contributed by atoms with E-state index in [0.717, 1.165) is 47.5 Å². The number of rotatable bonds is 8. The van der Waals surface area contributed by atoms with Crippen molar-refractivity contribution in [2.45, 2.75) is 38.6 Å². The summed E-state index contributed by atoms with van der Waals surface area (Å²) in [7, 11) is 3.86. The molecule has 2 aromatic heterocycles. The maximum Gasteiger partial charge on any atom is 0.225 e. The zero-order valence-corrected chi connectivity index (χ0v) is 19.6. The Morgan fingerprint density at radius 3 is 2.61 bits per heavy atom. The van der Waals surface area contributed by atoms with Gasteiger partial charge < -0.3 is 14.5 Å². The van der Waals surface area contributed by atoms with Crippen LogP contribution in [0.3, 0.4) is 0 Å². The number of carbonyl (C=O) groups excluding carboxylic acids is 1. The van der Waals surface area contributed by atoms with Crippen LogP contribution in [0.5, 0.6) is 5.75 Å². The first kappa shape index (κ1) is 22.7. The molecule has 0 radical (unpaired) electrons. The minimum absolute atomic E-state index is 0.0531. The fraction of sp³-hybridized carbons (Fsp3) is 0.385. The molecule has 0 saturated carbocycles. The van der Waals surface area contributed by atoms with Crippen molar-refractivity contribution in [2.75, 3.05) is 32.1 Å².